The van der Waals surface area contributed by atoms with E-state index < -0.39 is 5.97 Å². The molecule has 1 heterocycles. The molecule has 0 atom stereocenters. The van der Waals surface area contributed by atoms with Crippen molar-refractivity contribution in [3.8, 4) is 5.75 Å². The van der Waals surface area contributed by atoms with Gasteiger partial charge in [0.15, 0.2) is 5.13 Å². The smallest absolute Gasteiger partial charge is 0.347 e. The molecule has 0 aliphatic carbocycles. The van der Waals surface area contributed by atoms with Crippen molar-refractivity contribution in [1.82, 2.24) is 4.98 Å². The van der Waals surface area contributed by atoms with Crippen LogP contribution in [0.25, 0.3) is 0 Å². The Morgan fingerprint density at radius 3 is 2.68 bits per heavy atom. The number of carbonyl (C=O) groups is 1. The molecule has 0 fully saturated rings. The lowest BCUT2D eigenvalue weighted by molar-refractivity contribution is 0.0701. The van der Waals surface area contributed by atoms with E-state index in [1.165, 1.54) is 11.1 Å². The molecule has 6 heteroatoms. The molecule has 0 radical (unpaired) electrons. The van der Waals surface area contributed by atoms with Gasteiger partial charge in [-0.25, -0.2) is 9.78 Å². The Balaban J connectivity index is 1.90. The zero-order chi connectivity index (χ0) is 16.3. The van der Waals surface area contributed by atoms with Gasteiger partial charge in [-0.15, -0.1) is 0 Å². The summed E-state index contributed by atoms with van der Waals surface area (Å²) < 4.78 is 5.80. The molecule has 1 aromatic heterocycles. The van der Waals surface area contributed by atoms with E-state index in [9.17, 15) is 4.79 Å². The summed E-state index contributed by atoms with van der Waals surface area (Å²) in [7, 11) is 0. The molecule has 0 spiro atoms. The second kappa shape index (κ2) is 6.79. The number of hydrogen-bond acceptors (Lipinski definition) is 5. The van der Waals surface area contributed by atoms with Crippen molar-refractivity contribution in [1.29, 1.82) is 0 Å². The molecule has 1 aromatic carbocycles. The molecule has 2 aromatic rings. The minimum absolute atomic E-state index is 0.272. The van der Waals surface area contributed by atoms with Crippen molar-refractivity contribution in [3.05, 3.63) is 39.4 Å². The number of anilines is 1. The lowest BCUT2D eigenvalue weighted by Crippen LogP contribution is -2.12. The fourth-order valence-corrected chi connectivity index (χ4v) is 2.97. The Kier molecular flexibility index (Phi) is 5.03. The molecule has 0 saturated heterocycles. The molecule has 118 valence electrons. The van der Waals surface area contributed by atoms with Crippen LogP contribution in [-0.4, -0.2) is 29.2 Å². The third-order valence-electron chi connectivity index (χ3n) is 3.39. The van der Waals surface area contributed by atoms with Crippen LogP contribution in [0.5, 0.6) is 5.75 Å². The average Bonchev–Trinajstić information content (AvgIpc) is 2.81. The molecule has 0 aliphatic heterocycles. The Morgan fingerprint density at radius 1 is 1.32 bits per heavy atom. The molecule has 5 nitrogen and oxygen atoms in total. The number of nitrogens with one attached hydrogen (secondary N) is 1. The first-order valence-corrected chi connectivity index (χ1v) is 7.85. The highest BCUT2D eigenvalue weighted by molar-refractivity contribution is 7.17. The van der Waals surface area contributed by atoms with Crippen LogP contribution in [-0.2, 0) is 0 Å². The Hall–Kier alpha value is -2.08. The van der Waals surface area contributed by atoms with E-state index in [4.69, 9.17) is 9.84 Å². The number of ether oxygens (including phenoxy) is 1. The number of thiazole rings is 1. The van der Waals surface area contributed by atoms with Crippen LogP contribution in [0.1, 0.15) is 32.1 Å². The lowest BCUT2D eigenvalue weighted by Gasteiger charge is -2.12. The Labute approximate surface area is 134 Å². The van der Waals surface area contributed by atoms with Crippen molar-refractivity contribution in [2.45, 2.75) is 27.7 Å². The standard InChI is InChI=1S/C16H20N2O3S/c1-9-7-10(2)11(3)13(8-9)21-6-5-17-16-18-12(4)14(22-16)15(19)20/h7-8H,5-6H2,1-4H3,(H,17,18)(H,19,20). The summed E-state index contributed by atoms with van der Waals surface area (Å²) >= 11 is 1.14. The van der Waals surface area contributed by atoms with Crippen LogP contribution >= 0.6 is 11.3 Å². The van der Waals surface area contributed by atoms with E-state index >= 15 is 0 Å². The van der Waals surface area contributed by atoms with Crippen LogP contribution in [0, 0.1) is 27.7 Å². The number of benzene rings is 1. The van der Waals surface area contributed by atoms with Gasteiger partial charge in [-0.3, -0.25) is 0 Å². The molecule has 0 aliphatic rings. The average molecular weight is 320 g/mol. The van der Waals surface area contributed by atoms with E-state index in [1.54, 1.807) is 6.92 Å². The van der Waals surface area contributed by atoms with Crippen molar-refractivity contribution >= 4 is 22.4 Å². The largest absolute Gasteiger partial charge is 0.491 e. The van der Waals surface area contributed by atoms with Crippen molar-refractivity contribution < 1.29 is 14.6 Å². The summed E-state index contributed by atoms with van der Waals surface area (Å²) in [6.07, 6.45) is 0. The maximum Gasteiger partial charge on any atom is 0.347 e. The second-order valence-electron chi connectivity index (χ2n) is 5.22. The normalized spacial score (nSPS) is 10.5. The molecular weight excluding hydrogens is 300 g/mol. The minimum Gasteiger partial charge on any atom is -0.491 e. The van der Waals surface area contributed by atoms with Crippen molar-refractivity contribution in [2.24, 2.45) is 0 Å². The van der Waals surface area contributed by atoms with Crippen LogP contribution in [0.15, 0.2) is 12.1 Å². The zero-order valence-electron chi connectivity index (χ0n) is 13.2. The number of nitrogens with zero attached hydrogens (tertiary/aromatic N) is 1. The van der Waals surface area contributed by atoms with E-state index in [2.05, 4.69) is 23.3 Å². The topological polar surface area (TPSA) is 71.5 Å². The Morgan fingerprint density at radius 2 is 2.05 bits per heavy atom. The van der Waals surface area contributed by atoms with Gasteiger partial charge in [0.25, 0.3) is 0 Å². The van der Waals surface area contributed by atoms with Gasteiger partial charge >= 0.3 is 5.97 Å². The lowest BCUT2D eigenvalue weighted by atomic mass is 10.1. The summed E-state index contributed by atoms with van der Waals surface area (Å²) in [6.45, 7) is 8.91. The third-order valence-corrected chi connectivity index (χ3v) is 4.49. The SMILES string of the molecule is Cc1cc(C)c(C)c(OCCNc2nc(C)c(C(=O)O)s2)c1. The van der Waals surface area contributed by atoms with Gasteiger partial charge in [0.05, 0.1) is 12.2 Å². The van der Waals surface area contributed by atoms with Gasteiger partial charge in [0.2, 0.25) is 0 Å². The van der Waals surface area contributed by atoms with Gasteiger partial charge in [-0.2, -0.15) is 0 Å². The predicted molar refractivity (Wildman–Crippen MR) is 88.4 cm³/mol. The molecule has 2 N–H and O–H groups in total. The monoisotopic (exact) mass is 320 g/mol. The fraction of sp³-hybridized carbons (Fsp3) is 0.375. The van der Waals surface area contributed by atoms with Crippen molar-refractivity contribution in [2.75, 3.05) is 18.5 Å². The maximum atomic E-state index is 11.0. The number of carboxylic acids is 1. The van der Waals surface area contributed by atoms with Gasteiger partial charge in [0.1, 0.15) is 17.2 Å². The highest BCUT2D eigenvalue weighted by Crippen LogP contribution is 2.24. The molecular formula is C16H20N2O3S. The summed E-state index contributed by atoms with van der Waals surface area (Å²) in [5.41, 5.74) is 4.06. The number of aryl methyl sites for hydroxylation is 3. The predicted octanol–water partition coefficient (Wildman–Crippen LogP) is 3.57. The first-order chi connectivity index (χ1) is 10.4. The minimum atomic E-state index is -0.940. The van der Waals surface area contributed by atoms with E-state index in [-0.39, 0.29) is 4.88 Å². The summed E-state index contributed by atoms with van der Waals surface area (Å²) in [5, 5.41) is 12.7. The van der Waals surface area contributed by atoms with Crippen molar-refractivity contribution in [3.63, 3.8) is 0 Å². The molecule has 0 saturated carbocycles. The van der Waals surface area contributed by atoms with Gasteiger partial charge < -0.3 is 15.2 Å². The molecule has 0 bridgehead atoms. The number of hydrogen-bond donors (Lipinski definition) is 2. The van der Waals surface area contributed by atoms with Gasteiger partial charge in [0, 0.05) is 0 Å². The van der Waals surface area contributed by atoms with E-state index in [0.717, 1.165) is 22.6 Å². The zero-order valence-corrected chi connectivity index (χ0v) is 14.0. The van der Waals surface area contributed by atoms with Crippen LogP contribution < -0.4 is 10.1 Å². The highest BCUT2D eigenvalue weighted by Gasteiger charge is 2.13. The summed E-state index contributed by atoms with van der Waals surface area (Å²) in [4.78, 5) is 15.4. The highest BCUT2D eigenvalue weighted by atomic mass is 32.1. The number of aromatic carboxylic acids is 1. The summed E-state index contributed by atoms with van der Waals surface area (Å²) in [6, 6.07) is 4.16. The van der Waals surface area contributed by atoms with E-state index in [0.29, 0.717) is 24.0 Å². The Bertz CT molecular complexity index is 695. The second-order valence-corrected chi connectivity index (χ2v) is 6.22. The first-order valence-electron chi connectivity index (χ1n) is 7.03. The quantitative estimate of drug-likeness (QED) is 0.796. The van der Waals surface area contributed by atoms with Crippen LogP contribution in [0.3, 0.4) is 0 Å². The first kappa shape index (κ1) is 16.3. The molecule has 0 unspecified atom stereocenters. The van der Waals surface area contributed by atoms with Crippen LogP contribution in [0.4, 0.5) is 5.13 Å². The maximum absolute atomic E-state index is 11.0. The molecule has 2 rings (SSSR count). The molecule has 22 heavy (non-hydrogen) atoms. The van der Waals surface area contributed by atoms with Gasteiger partial charge in [-0.1, -0.05) is 17.4 Å². The summed E-state index contributed by atoms with van der Waals surface area (Å²) in [5.74, 6) is -0.0500. The number of aromatic nitrogens is 1. The number of rotatable bonds is 6. The fourth-order valence-electron chi connectivity index (χ4n) is 2.14. The van der Waals surface area contributed by atoms with Crippen LogP contribution in [0.2, 0.25) is 0 Å². The molecule has 0 amide bonds. The van der Waals surface area contributed by atoms with Gasteiger partial charge in [-0.05, 0) is 50.5 Å². The number of carboxylic acid groups (broad SMARTS) is 1. The third kappa shape index (κ3) is 3.76. The van der Waals surface area contributed by atoms with E-state index in [1.807, 2.05) is 19.9 Å².